The van der Waals surface area contributed by atoms with E-state index >= 15 is 0 Å². The van der Waals surface area contributed by atoms with Crippen LogP contribution >= 0.6 is 15.9 Å². The fourth-order valence-corrected chi connectivity index (χ4v) is 2.36. The molecule has 1 amide bonds. The molecule has 0 saturated carbocycles. The average Bonchev–Trinajstić information content (AvgIpc) is 2.70. The number of nitrogens with zero attached hydrogens (tertiary/aromatic N) is 2. The normalized spacial score (nSPS) is 20.2. The van der Waals surface area contributed by atoms with Crippen LogP contribution < -0.4 is 4.90 Å². The SMILES string of the molecule is O=C1CC(CO)CN1c1cc(C(F)(F)F)c(Br)cn1. The zero-order valence-electron chi connectivity index (χ0n) is 9.62. The van der Waals surface area contributed by atoms with Crippen molar-refractivity contribution in [3.8, 4) is 0 Å². The molecule has 104 valence electrons. The summed E-state index contributed by atoms with van der Waals surface area (Å²) in [6.07, 6.45) is -3.37. The van der Waals surface area contributed by atoms with Gasteiger partial charge in [-0.1, -0.05) is 0 Å². The van der Waals surface area contributed by atoms with Crippen molar-refractivity contribution < 1.29 is 23.1 Å². The number of aliphatic hydroxyl groups excluding tert-OH is 1. The van der Waals surface area contributed by atoms with Gasteiger partial charge < -0.3 is 5.11 Å². The second-order valence-electron chi connectivity index (χ2n) is 4.28. The molecule has 1 unspecified atom stereocenters. The van der Waals surface area contributed by atoms with Crippen LogP contribution in [0.15, 0.2) is 16.7 Å². The summed E-state index contributed by atoms with van der Waals surface area (Å²) >= 11 is 2.79. The summed E-state index contributed by atoms with van der Waals surface area (Å²) in [6.45, 7) is 0.00611. The van der Waals surface area contributed by atoms with E-state index in [1.54, 1.807) is 0 Å². The van der Waals surface area contributed by atoms with Gasteiger partial charge >= 0.3 is 6.18 Å². The van der Waals surface area contributed by atoms with Crippen LogP contribution in [0.4, 0.5) is 19.0 Å². The number of pyridine rings is 1. The average molecular weight is 339 g/mol. The Labute approximate surface area is 115 Å². The largest absolute Gasteiger partial charge is 0.417 e. The summed E-state index contributed by atoms with van der Waals surface area (Å²) in [7, 11) is 0. The first kappa shape index (κ1) is 14.3. The highest BCUT2D eigenvalue weighted by molar-refractivity contribution is 9.10. The molecule has 0 bridgehead atoms. The van der Waals surface area contributed by atoms with Crippen molar-refractivity contribution in [1.82, 2.24) is 4.98 Å². The van der Waals surface area contributed by atoms with Crippen LogP contribution in [0, 0.1) is 5.92 Å². The lowest BCUT2D eigenvalue weighted by Crippen LogP contribution is -2.26. The van der Waals surface area contributed by atoms with Gasteiger partial charge in [-0.3, -0.25) is 9.69 Å². The van der Waals surface area contributed by atoms with Crippen LogP contribution in [0.3, 0.4) is 0 Å². The fraction of sp³-hybridized carbons (Fsp3) is 0.455. The Bertz CT molecular complexity index is 507. The maximum atomic E-state index is 12.8. The molecule has 2 heterocycles. The molecular formula is C11H10BrF3N2O2. The Hall–Kier alpha value is -1.15. The van der Waals surface area contributed by atoms with Gasteiger partial charge in [0.25, 0.3) is 0 Å². The second-order valence-corrected chi connectivity index (χ2v) is 5.13. The van der Waals surface area contributed by atoms with Crippen LogP contribution in [-0.2, 0) is 11.0 Å². The molecule has 2 rings (SSSR count). The lowest BCUT2D eigenvalue weighted by atomic mass is 10.1. The van der Waals surface area contributed by atoms with Gasteiger partial charge in [-0.05, 0) is 22.0 Å². The molecule has 1 aliphatic heterocycles. The van der Waals surface area contributed by atoms with Gasteiger partial charge in [0.05, 0.1) is 5.56 Å². The van der Waals surface area contributed by atoms with Crippen molar-refractivity contribution in [2.45, 2.75) is 12.6 Å². The van der Waals surface area contributed by atoms with Gasteiger partial charge in [0.15, 0.2) is 0 Å². The molecule has 1 atom stereocenters. The molecule has 1 saturated heterocycles. The minimum absolute atomic E-state index is 0.0449. The number of rotatable bonds is 2. The van der Waals surface area contributed by atoms with Gasteiger partial charge in [-0.25, -0.2) is 4.98 Å². The zero-order valence-corrected chi connectivity index (χ0v) is 11.2. The van der Waals surface area contributed by atoms with Crippen molar-refractivity contribution in [3.63, 3.8) is 0 Å². The van der Waals surface area contributed by atoms with E-state index in [1.807, 2.05) is 0 Å². The molecule has 0 aliphatic carbocycles. The van der Waals surface area contributed by atoms with Gasteiger partial charge in [0.1, 0.15) is 5.82 Å². The van der Waals surface area contributed by atoms with Crippen molar-refractivity contribution in [3.05, 3.63) is 22.3 Å². The minimum atomic E-state index is -4.52. The molecule has 1 N–H and O–H groups in total. The number of halogens is 4. The molecule has 1 aromatic heterocycles. The van der Waals surface area contributed by atoms with Gasteiger partial charge in [0, 0.05) is 36.2 Å². The number of amides is 1. The first-order valence-electron chi connectivity index (χ1n) is 5.47. The van der Waals surface area contributed by atoms with E-state index in [0.29, 0.717) is 0 Å². The van der Waals surface area contributed by atoms with Gasteiger partial charge in [0.2, 0.25) is 5.91 Å². The summed E-state index contributed by atoms with van der Waals surface area (Å²) in [6, 6.07) is 0.835. The molecular weight excluding hydrogens is 329 g/mol. The Morgan fingerprint density at radius 1 is 1.53 bits per heavy atom. The van der Waals surface area contributed by atoms with Crippen LogP contribution in [0.25, 0.3) is 0 Å². The summed E-state index contributed by atoms with van der Waals surface area (Å²) < 4.78 is 38.1. The van der Waals surface area contributed by atoms with Crippen molar-refractivity contribution in [1.29, 1.82) is 0 Å². The smallest absolute Gasteiger partial charge is 0.396 e. The summed E-state index contributed by atoms with van der Waals surface area (Å²) in [4.78, 5) is 16.7. The summed E-state index contributed by atoms with van der Waals surface area (Å²) in [5, 5.41) is 8.99. The number of hydrogen-bond acceptors (Lipinski definition) is 3. The highest BCUT2D eigenvalue weighted by Crippen LogP contribution is 2.37. The van der Waals surface area contributed by atoms with E-state index in [4.69, 9.17) is 5.11 Å². The van der Waals surface area contributed by atoms with Crippen molar-refractivity contribution in [2.75, 3.05) is 18.1 Å². The molecule has 19 heavy (non-hydrogen) atoms. The number of hydrogen-bond donors (Lipinski definition) is 1. The van der Waals surface area contributed by atoms with Crippen molar-refractivity contribution >= 4 is 27.7 Å². The number of carbonyl (C=O) groups is 1. The fourth-order valence-electron chi connectivity index (χ4n) is 1.92. The third-order valence-electron chi connectivity index (χ3n) is 2.89. The Morgan fingerprint density at radius 3 is 2.74 bits per heavy atom. The first-order chi connectivity index (χ1) is 8.82. The van der Waals surface area contributed by atoms with Crippen LogP contribution in [0.1, 0.15) is 12.0 Å². The second kappa shape index (κ2) is 5.09. The van der Waals surface area contributed by atoms with Crippen LogP contribution in [0.2, 0.25) is 0 Å². The highest BCUT2D eigenvalue weighted by atomic mass is 79.9. The molecule has 0 aromatic carbocycles. The molecule has 0 spiro atoms. The topological polar surface area (TPSA) is 53.4 Å². The van der Waals surface area contributed by atoms with Crippen LogP contribution in [-0.4, -0.2) is 29.1 Å². The Balaban J connectivity index is 2.34. The molecule has 0 radical (unpaired) electrons. The Morgan fingerprint density at radius 2 is 2.21 bits per heavy atom. The molecule has 8 heteroatoms. The quantitative estimate of drug-likeness (QED) is 0.899. The number of anilines is 1. The third-order valence-corrected chi connectivity index (χ3v) is 3.52. The highest BCUT2D eigenvalue weighted by Gasteiger charge is 2.36. The van der Waals surface area contributed by atoms with E-state index in [0.717, 1.165) is 12.3 Å². The molecule has 4 nitrogen and oxygen atoms in total. The molecule has 1 aromatic rings. The predicted octanol–water partition coefficient (Wildman–Crippen LogP) is 2.21. The number of carbonyl (C=O) groups excluding carboxylic acids is 1. The van der Waals surface area contributed by atoms with E-state index in [1.165, 1.54) is 4.90 Å². The molecule has 1 aliphatic rings. The van der Waals surface area contributed by atoms with Gasteiger partial charge in [-0.2, -0.15) is 13.2 Å². The van der Waals surface area contributed by atoms with Crippen LogP contribution in [0.5, 0.6) is 0 Å². The van der Waals surface area contributed by atoms with E-state index in [2.05, 4.69) is 20.9 Å². The lowest BCUT2D eigenvalue weighted by molar-refractivity contribution is -0.138. The summed E-state index contributed by atoms with van der Waals surface area (Å²) in [5.74, 6) is -0.634. The van der Waals surface area contributed by atoms with E-state index in [-0.39, 0.29) is 41.7 Å². The number of alkyl halides is 3. The zero-order chi connectivity index (χ0) is 14.2. The number of aromatic nitrogens is 1. The summed E-state index contributed by atoms with van der Waals surface area (Å²) in [5.41, 5.74) is -0.877. The maximum Gasteiger partial charge on any atom is 0.417 e. The first-order valence-corrected chi connectivity index (χ1v) is 6.26. The monoisotopic (exact) mass is 338 g/mol. The maximum absolute atomic E-state index is 12.8. The third kappa shape index (κ3) is 2.89. The van der Waals surface area contributed by atoms with E-state index < -0.39 is 11.7 Å². The Kier molecular flexibility index (Phi) is 3.82. The lowest BCUT2D eigenvalue weighted by Gasteiger charge is -2.17. The van der Waals surface area contributed by atoms with Crippen molar-refractivity contribution in [2.24, 2.45) is 5.92 Å². The standard InChI is InChI=1S/C11H10BrF3N2O2/c12-8-3-16-9(2-7(8)11(13,14)15)17-4-6(5-18)1-10(17)19/h2-3,6,18H,1,4-5H2. The minimum Gasteiger partial charge on any atom is -0.396 e. The number of aliphatic hydroxyl groups is 1. The predicted molar refractivity (Wildman–Crippen MR) is 64.5 cm³/mol. The van der Waals surface area contributed by atoms with Gasteiger partial charge in [-0.15, -0.1) is 0 Å². The van der Waals surface area contributed by atoms with E-state index in [9.17, 15) is 18.0 Å². The molecule has 1 fully saturated rings.